The summed E-state index contributed by atoms with van der Waals surface area (Å²) >= 11 is 0. The van der Waals surface area contributed by atoms with Gasteiger partial charge in [-0.25, -0.2) is 0 Å². The second kappa shape index (κ2) is 5.13. The average Bonchev–Trinajstić information content (AvgIpc) is 2.69. The molecule has 7 nitrogen and oxygen atoms in total. The number of aromatic nitrogens is 2. The maximum Gasteiger partial charge on any atom is 0.330 e. The van der Waals surface area contributed by atoms with Crippen molar-refractivity contribution in [2.24, 2.45) is 7.05 Å². The van der Waals surface area contributed by atoms with Crippen LogP contribution in [0.4, 0.5) is 11.5 Å². The van der Waals surface area contributed by atoms with Crippen LogP contribution in [0.1, 0.15) is 19.3 Å². The highest BCUT2D eigenvalue weighted by Gasteiger charge is 2.19. The molecule has 0 amide bonds. The molecule has 1 saturated heterocycles. The minimum absolute atomic E-state index is 0.0308. The largest absolute Gasteiger partial charge is 0.361 e. The molecule has 7 heteroatoms. The van der Waals surface area contributed by atoms with Gasteiger partial charge in [-0.15, -0.1) is 5.10 Å². The van der Waals surface area contributed by atoms with Gasteiger partial charge in [-0.05, 0) is 19.4 Å². The van der Waals surface area contributed by atoms with Crippen molar-refractivity contribution in [2.75, 3.05) is 18.4 Å². The van der Waals surface area contributed by atoms with Crippen LogP contribution in [0.15, 0.2) is 6.20 Å². The van der Waals surface area contributed by atoms with Crippen molar-refractivity contribution in [1.29, 1.82) is 0 Å². The Bertz CT molecular complexity index is 397. The number of nitrogens with one attached hydrogen (secondary N) is 2. The summed E-state index contributed by atoms with van der Waals surface area (Å²) in [7, 11) is 1.68. The number of nitro groups is 1. The zero-order valence-electron chi connectivity index (χ0n) is 9.85. The quantitative estimate of drug-likeness (QED) is 0.602. The Morgan fingerprint density at radius 2 is 2.53 bits per heavy atom. The van der Waals surface area contributed by atoms with Crippen molar-refractivity contribution in [2.45, 2.75) is 25.3 Å². The normalized spacial score (nSPS) is 20.2. The van der Waals surface area contributed by atoms with E-state index in [9.17, 15) is 10.1 Å². The Labute approximate surface area is 99.3 Å². The maximum atomic E-state index is 10.8. The average molecular weight is 239 g/mol. The summed E-state index contributed by atoms with van der Waals surface area (Å²) in [5, 5.41) is 21.3. The van der Waals surface area contributed by atoms with Crippen LogP contribution in [0.5, 0.6) is 0 Å². The minimum Gasteiger partial charge on any atom is -0.361 e. The van der Waals surface area contributed by atoms with E-state index in [0.717, 1.165) is 13.0 Å². The molecule has 2 rings (SSSR count). The number of hydrogen-bond acceptors (Lipinski definition) is 5. The van der Waals surface area contributed by atoms with Crippen molar-refractivity contribution < 1.29 is 4.92 Å². The number of aryl methyl sites for hydroxylation is 1. The monoisotopic (exact) mass is 239 g/mol. The van der Waals surface area contributed by atoms with Crippen LogP contribution in [0.3, 0.4) is 0 Å². The molecular weight excluding hydrogens is 222 g/mol. The molecule has 1 aromatic rings. The first kappa shape index (κ1) is 11.8. The van der Waals surface area contributed by atoms with Crippen molar-refractivity contribution in [3.8, 4) is 0 Å². The van der Waals surface area contributed by atoms with Crippen molar-refractivity contribution >= 4 is 11.5 Å². The zero-order chi connectivity index (χ0) is 12.3. The summed E-state index contributed by atoms with van der Waals surface area (Å²) < 4.78 is 1.45. The Morgan fingerprint density at radius 1 is 1.71 bits per heavy atom. The zero-order valence-corrected chi connectivity index (χ0v) is 9.85. The van der Waals surface area contributed by atoms with Gasteiger partial charge in [-0.2, -0.15) is 0 Å². The first-order chi connectivity index (χ1) is 8.16. The van der Waals surface area contributed by atoms with Crippen LogP contribution < -0.4 is 10.6 Å². The van der Waals surface area contributed by atoms with Crippen LogP contribution in [-0.4, -0.2) is 33.8 Å². The lowest BCUT2D eigenvalue weighted by molar-refractivity contribution is -0.384. The molecule has 0 radical (unpaired) electrons. The third kappa shape index (κ3) is 2.94. The van der Waals surface area contributed by atoms with E-state index in [2.05, 4.69) is 15.7 Å². The van der Waals surface area contributed by atoms with Gasteiger partial charge >= 0.3 is 5.69 Å². The summed E-state index contributed by atoms with van der Waals surface area (Å²) in [6, 6.07) is 0.380. The molecule has 1 unspecified atom stereocenters. The van der Waals surface area contributed by atoms with Gasteiger partial charge in [-0.3, -0.25) is 14.8 Å². The second-order valence-corrected chi connectivity index (χ2v) is 4.32. The molecule has 17 heavy (non-hydrogen) atoms. The first-order valence-electron chi connectivity index (χ1n) is 5.82. The van der Waals surface area contributed by atoms with Crippen molar-refractivity contribution in [1.82, 2.24) is 15.1 Å². The van der Waals surface area contributed by atoms with Gasteiger partial charge < -0.3 is 10.6 Å². The smallest absolute Gasteiger partial charge is 0.330 e. The summed E-state index contributed by atoms with van der Waals surface area (Å²) in [4.78, 5) is 10.4. The van der Waals surface area contributed by atoms with Gasteiger partial charge in [0.2, 0.25) is 5.82 Å². The van der Waals surface area contributed by atoms with E-state index in [-0.39, 0.29) is 5.69 Å². The Hall–Kier alpha value is -1.63. The molecule has 1 aromatic heterocycles. The van der Waals surface area contributed by atoms with Crippen LogP contribution in [0, 0.1) is 10.1 Å². The molecule has 2 N–H and O–H groups in total. The van der Waals surface area contributed by atoms with Gasteiger partial charge in [-0.1, -0.05) is 6.42 Å². The molecule has 1 fully saturated rings. The molecule has 1 aliphatic rings. The van der Waals surface area contributed by atoms with E-state index >= 15 is 0 Å². The highest BCUT2D eigenvalue weighted by atomic mass is 16.6. The number of rotatable bonds is 4. The fourth-order valence-electron chi connectivity index (χ4n) is 2.05. The summed E-state index contributed by atoms with van der Waals surface area (Å²) in [6.07, 6.45) is 4.94. The topological polar surface area (TPSA) is 85.0 Å². The maximum absolute atomic E-state index is 10.8. The summed E-state index contributed by atoms with van der Waals surface area (Å²) in [6.45, 7) is 1.70. The van der Waals surface area contributed by atoms with Gasteiger partial charge in [0.25, 0.3) is 0 Å². The predicted molar refractivity (Wildman–Crippen MR) is 64.0 cm³/mol. The molecule has 0 aliphatic carbocycles. The molecule has 0 saturated carbocycles. The van der Waals surface area contributed by atoms with Crippen molar-refractivity contribution in [3.63, 3.8) is 0 Å². The van der Waals surface area contributed by atoms with E-state index in [4.69, 9.17) is 0 Å². The molecule has 0 spiro atoms. The predicted octanol–water partition coefficient (Wildman–Crippen LogP) is 0.882. The fraction of sp³-hybridized carbons (Fsp3) is 0.700. The molecular formula is C10H17N5O2. The molecule has 0 aromatic carbocycles. The first-order valence-corrected chi connectivity index (χ1v) is 5.82. The van der Waals surface area contributed by atoms with E-state index in [1.165, 1.54) is 23.7 Å². The third-order valence-electron chi connectivity index (χ3n) is 2.93. The SMILES string of the molecule is Cn1cc([N+](=O)[O-])c(NCC2CCCCN2)n1. The lowest BCUT2D eigenvalue weighted by atomic mass is 10.1. The molecule has 2 heterocycles. The van der Waals surface area contributed by atoms with Crippen LogP contribution in [-0.2, 0) is 7.05 Å². The van der Waals surface area contributed by atoms with E-state index in [1.807, 2.05) is 0 Å². The molecule has 1 aliphatic heterocycles. The van der Waals surface area contributed by atoms with Gasteiger partial charge in [0.1, 0.15) is 6.20 Å². The lowest BCUT2D eigenvalue weighted by Gasteiger charge is -2.23. The summed E-state index contributed by atoms with van der Waals surface area (Å²) in [5.74, 6) is 0.352. The van der Waals surface area contributed by atoms with Crippen LogP contribution in [0.2, 0.25) is 0 Å². The number of hydrogen-bond donors (Lipinski definition) is 2. The molecule has 0 bridgehead atoms. The highest BCUT2D eigenvalue weighted by Crippen LogP contribution is 2.21. The van der Waals surface area contributed by atoms with E-state index < -0.39 is 4.92 Å². The Morgan fingerprint density at radius 3 is 3.18 bits per heavy atom. The van der Waals surface area contributed by atoms with E-state index in [1.54, 1.807) is 7.05 Å². The standard InChI is InChI=1S/C10H17N5O2/c1-14-7-9(15(16)17)10(13-14)12-6-8-4-2-3-5-11-8/h7-8,11H,2-6H2,1H3,(H,12,13). The molecule has 94 valence electrons. The van der Waals surface area contributed by atoms with Crippen LogP contribution in [0.25, 0.3) is 0 Å². The Balaban J connectivity index is 1.95. The number of nitrogens with zero attached hydrogens (tertiary/aromatic N) is 3. The number of piperidine rings is 1. The van der Waals surface area contributed by atoms with Crippen LogP contribution >= 0.6 is 0 Å². The van der Waals surface area contributed by atoms with Crippen molar-refractivity contribution in [3.05, 3.63) is 16.3 Å². The van der Waals surface area contributed by atoms with Gasteiger partial charge in [0.05, 0.1) is 4.92 Å². The third-order valence-corrected chi connectivity index (χ3v) is 2.93. The van der Waals surface area contributed by atoms with Gasteiger partial charge in [0.15, 0.2) is 0 Å². The lowest BCUT2D eigenvalue weighted by Crippen LogP contribution is -2.39. The fourth-order valence-corrected chi connectivity index (χ4v) is 2.05. The van der Waals surface area contributed by atoms with Gasteiger partial charge in [0, 0.05) is 19.6 Å². The minimum atomic E-state index is -0.413. The second-order valence-electron chi connectivity index (χ2n) is 4.32. The molecule has 1 atom stereocenters. The summed E-state index contributed by atoms with van der Waals surface area (Å²) in [5.41, 5.74) is 0.0308. The van der Waals surface area contributed by atoms with E-state index in [0.29, 0.717) is 18.4 Å². The highest BCUT2D eigenvalue weighted by molar-refractivity contribution is 5.54. The number of anilines is 1. The Kier molecular flexibility index (Phi) is 3.58.